The fraction of sp³-hybridized carbons (Fsp3) is 0.105. The number of carbonyl (C=O) groups excluding carboxylic acids is 2. The maximum atomic E-state index is 15.0. The largest absolute Gasteiger partial charge is 0.439 e. The number of benzene rings is 2. The van der Waals surface area contributed by atoms with Gasteiger partial charge in [0.15, 0.2) is 12.5 Å². The average molecular weight is 803 g/mol. The van der Waals surface area contributed by atoms with Crippen LogP contribution in [-0.4, -0.2) is 60.8 Å². The third kappa shape index (κ3) is 8.18. The molecule has 0 amide bonds. The molecule has 2 atom stereocenters. The lowest BCUT2D eigenvalue weighted by atomic mass is 10.1. The molecule has 6 rings (SSSR count). The van der Waals surface area contributed by atoms with Gasteiger partial charge in [-0.05, 0) is 74.8 Å². The van der Waals surface area contributed by atoms with Gasteiger partial charge >= 0.3 is 11.9 Å². The van der Waals surface area contributed by atoms with Crippen LogP contribution < -0.4 is 10.6 Å². The average Bonchev–Trinajstić information content (AvgIpc) is 3.86. The Morgan fingerprint density at radius 2 is 1.04 bits per heavy atom. The van der Waals surface area contributed by atoms with Crippen molar-refractivity contribution in [3.05, 3.63) is 157 Å². The van der Waals surface area contributed by atoms with Gasteiger partial charge in [0.1, 0.15) is 21.4 Å². The van der Waals surface area contributed by atoms with Gasteiger partial charge in [-0.3, -0.25) is 20.6 Å². The topological polar surface area (TPSA) is 181 Å². The first-order valence-corrected chi connectivity index (χ1v) is 19.4. The van der Waals surface area contributed by atoms with Crippen LogP contribution in [0.5, 0.6) is 0 Å². The lowest BCUT2D eigenvalue weighted by molar-refractivity contribution is -0.147. The molecule has 0 aliphatic heterocycles. The number of esters is 2. The summed E-state index contributed by atoms with van der Waals surface area (Å²) in [6.45, 7) is 0. The molecule has 4 aromatic heterocycles. The van der Waals surface area contributed by atoms with Crippen LogP contribution >= 0.6 is 0 Å². The van der Waals surface area contributed by atoms with Gasteiger partial charge in [0, 0.05) is 71.6 Å². The maximum absolute atomic E-state index is 15.0. The fourth-order valence-corrected chi connectivity index (χ4v) is 8.29. The summed E-state index contributed by atoms with van der Waals surface area (Å²) in [7, 11) is -5.74. The normalized spacial score (nSPS) is 13.0. The summed E-state index contributed by atoms with van der Waals surface area (Å²) in [6.07, 6.45) is 6.40. The third-order valence-corrected chi connectivity index (χ3v) is 11.6. The molecule has 0 aliphatic carbocycles. The molecule has 0 bridgehead atoms. The molecule has 0 spiro atoms. The predicted octanol–water partition coefficient (Wildman–Crippen LogP) is 4.94. The molecular formula is C38H32F2N6O8S2. The van der Waals surface area contributed by atoms with Crippen molar-refractivity contribution in [2.75, 3.05) is 14.1 Å². The number of hydrogen-bond acceptors (Lipinski definition) is 12. The molecule has 56 heavy (non-hydrogen) atoms. The van der Waals surface area contributed by atoms with Gasteiger partial charge in [-0.15, -0.1) is 0 Å². The van der Waals surface area contributed by atoms with E-state index in [1.807, 2.05) is 0 Å². The summed E-state index contributed by atoms with van der Waals surface area (Å²) in [6, 6.07) is 19.3. The first-order chi connectivity index (χ1) is 26.8. The molecule has 0 saturated heterocycles. The minimum absolute atomic E-state index is 0.0415. The second-order valence-corrected chi connectivity index (χ2v) is 15.4. The summed E-state index contributed by atoms with van der Waals surface area (Å²) in [4.78, 5) is 33.3. The van der Waals surface area contributed by atoms with Crippen molar-refractivity contribution in [3.8, 4) is 22.5 Å². The highest BCUT2D eigenvalue weighted by atomic mass is 32.2. The second-order valence-electron chi connectivity index (χ2n) is 11.8. The number of rotatable bonds is 14. The van der Waals surface area contributed by atoms with Gasteiger partial charge in [-0.25, -0.2) is 43.2 Å². The fourth-order valence-electron chi connectivity index (χ4n) is 5.60. The molecule has 0 radical (unpaired) electrons. The minimum atomic E-state index is -4.30. The molecule has 2 unspecified atom stereocenters. The predicted molar refractivity (Wildman–Crippen MR) is 198 cm³/mol. The van der Waals surface area contributed by atoms with Crippen LogP contribution in [0.25, 0.3) is 22.5 Å². The van der Waals surface area contributed by atoms with E-state index < -0.39 is 56.1 Å². The standard InChI is InChI=1S/C38H32F2N6O8S2/c1-41-37(25-19-33(29-11-3-5-13-31(29)39)45(23-25)55(49,50)27-9-7-17-43-21-27)53-35(47)15-16-36(48)54-38(42-2)26-20-34(30-12-4-6-14-32(30)40)46(24-26)56(51,52)28-10-8-18-44-22-28/h3-24,37-38,41-42H,1-2H3/b16-15+. The highest BCUT2D eigenvalue weighted by molar-refractivity contribution is 7.90. The molecule has 14 nitrogen and oxygen atoms in total. The Bertz CT molecular complexity index is 2450. The van der Waals surface area contributed by atoms with E-state index in [1.165, 1.54) is 124 Å². The maximum Gasteiger partial charge on any atom is 0.332 e. The van der Waals surface area contributed by atoms with Crippen LogP contribution in [0.2, 0.25) is 0 Å². The van der Waals surface area contributed by atoms with Crippen LogP contribution in [0, 0.1) is 11.6 Å². The summed E-state index contributed by atoms with van der Waals surface area (Å²) in [5.41, 5.74) is 0.0372. The SMILES string of the molecule is CNC(OC(=O)/C=C/C(=O)OC(NC)c1cc(-c2ccccc2F)n(S(=O)(=O)c2cccnc2)c1)c1cc(-c2ccccc2F)n(S(=O)(=O)c2cccnc2)c1. The molecule has 4 heterocycles. The van der Waals surface area contributed by atoms with E-state index in [2.05, 4.69) is 20.6 Å². The van der Waals surface area contributed by atoms with Gasteiger partial charge in [0.05, 0.1) is 11.4 Å². The van der Waals surface area contributed by atoms with E-state index in [9.17, 15) is 35.2 Å². The Morgan fingerprint density at radius 1 is 0.643 bits per heavy atom. The van der Waals surface area contributed by atoms with E-state index in [0.717, 1.165) is 32.5 Å². The number of ether oxygens (including phenoxy) is 2. The Morgan fingerprint density at radius 3 is 1.38 bits per heavy atom. The summed E-state index contributed by atoms with van der Waals surface area (Å²) < 4.78 is 97.2. The quantitative estimate of drug-likeness (QED) is 0.0862. The van der Waals surface area contributed by atoms with Crippen LogP contribution in [-0.2, 0) is 39.1 Å². The zero-order chi connectivity index (χ0) is 40.0. The van der Waals surface area contributed by atoms with Crippen molar-refractivity contribution in [1.29, 1.82) is 0 Å². The molecule has 6 aromatic rings. The Kier molecular flexibility index (Phi) is 11.6. The molecule has 18 heteroatoms. The molecular weight excluding hydrogens is 771 g/mol. The van der Waals surface area contributed by atoms with E-state index >= 15 is 0 Å². The smallest absolute Gasteiger partial charge is 0.332 e. The first kappa shape index (κ1) is 39.4. The zero-order valence-corrected chi connectivity index (χ0v) is 31.1. The molecule has 0 aliphatic rings. The van der Waals surface area contributed by atoms with Crippen molar-refractivity contribution in [2.24, 2.45) is 0 Å². The third-order valence-electron chi connectivity index (χ3n) is 8.25. The first-order valence-electron chi connectivity index (χ1n) is 16.5. The highest BCUT2D eigenvalue weighted by Gasteiger charge is 2.28. The lowest BCUT2D eigenvalue weighted by Crippen LogP contribution is -2.23. The van der Waals surface area contributed by atoms with Gasteiger partial charge < -0.3 is 9.47 Å². The summed E-state index contributed by atoms with van der Waals surface area (Å²) in [5, 5.41) is 5.49. The number of aromatic nitrogens is 4. The van der Waals surface area contributed by atoms with Gasteiger partial charge in [0.2, 0.25) is 0 Å². The number of pyridine rings is 2. The monoisotopic (exact) mass is 802 g/mol. The molecule has 0 fully saturated rings. The highest BCUT2D eigenvalue weighted by Crippen LogP contribution is 2.33. The zero-order valence-electron chi connectivity index (χ0n) is 29.5. The van der Waals surface area contributed by atoms with Gasteiger partial charge in [-0.2, -0.15) is 0 Å². The number of nitrogens with zero attached hydrogens (tertiary/aromatic N) is 4. The van der Waals surface area contributed by atoms with Gasteiger partial charge in [-0.1, -0.05) is 24.3 Å². The Labute approximate surface area is 320 Å². The van der Waals surface area contributed by atoms with E-state index in [-0.39, 0.29) is 43.4 Å². The van der Waals surface area contributed by atoms with Gasteiger partial charge in [0.25, 0.3) is 20.0 Å². The van der Waals surface area contributed by atoms with Crippen molar-refractivity contribution in [2.45, 2.75) is 22.2 Å². The second kappa shape index (κ2) is 16.6. The van der Waals surface area contributed by atoms with Crippen LogP contribution in [0.4, 0.5) is 8.78 Å². The molecule has 288 valence electrons. The molecule has 2 aromatic carbocycles. The molecule has 2 N–H and O–H groups in total. The summed E-state index contributed by atoms with van der Waals surface area (Å²) in [5.74, 6) is -3.50. The van der Waals surface area contributed by atoms with Crippen LogP contribution in [0.3, 0.4) is 0 Å². The number of carbonyl (C=O) groups is 2. The van der Waals surface area contributed by atoms with Crippen molar-refractivity contribution in [3.63, 3.8) is 0 Å². The number of halogens is 2. The lowest BCUT2D eigenvalue weighted by Gasteiger charge is -2.15. The Hall–Kier alpha value is -6.34. The molecule has 0 saturated carbocycles. The number of nitrogens with one attached hydrogen (secondary N) is 2. The van der Waals surface area contributed by atoms with Crippen LogP contribution in [0.1, 0.15) is 23.6 Å². The van der Waals surface area contributed by atoms with Crippen molar-refractivity contribution < 1.29 is 44.7 Å². The Balaban J connectivity index is 1.23. The van der Waals surface area contributed by atoms with E-state index in [0.29, 0.717) is 0 Å². The van der Waals surface area contributed by atoms with E-state index in [4.69, 9.17) is 9.47 Å². The van der Waals surface area contributed by atoms with E-state index in [1.54, 1.807) is 0 Å². The van der Waals surface area contributed by atoms with Crippen molar-refractivity contribution >= 4 is 32.0 Å². The van der Waals surface area contributed by atoms with Crippen LogP contribution in [0.15, 0.2) is 144 Å². The number of hydrogen-bond donors (Lipinski definition) is 2. The van der Waals surface area contributed by atoms with Crippen molar-refractivity contribution in [1.82, 2.24) is 28.5 Å². The summed E-state index contributed by atoms with van der Waals surface area (Å²) >= 11 is 0. The minimum Gasteiger partial charge on any atom is -0.439 e.